The van der Waals surface area contributed by atoms with E-state index in [0.29, 0.717) is 5.69 Å². The van der Waals surface area contributed by atoms with Crippen molar-refractivity contribution in [1.29, 1.82) is 0 Å². The van der Waals surface area contributed by atoms with E-state index in [-0.39, 0.29) is 11.7 Å². The van der Waals surface area contributed by atoms with Gasteiger partial charge in [0.25, 0.3) is 5.91 Å². The minimum absolute atomic E-state index is 0.0867. The number of aromatic hydroxyl groups is 1. The predicted molar refractivity (Wildman–Crippen MR) is 86.4 cm³/mol. The van der Waals surface area contributed by atoms with Crippen LogP contribution in [0.1, 0.15) is 44.9 Å². The maximum atomic E-state index is 12.3. The van der Waals surface area contributed by atoms with Gasteiger partial charge in [-0.1, -0.05) is 12.5 Å². The first-order valence-corrected chi connectivity index (χ1v) is 8.17. The van der Waals surface area contributed by atoms with Crippen LogP contribution in [0.4, 0.5) is 5.69 Å². The van der Waals surface area contributed by atoms with Gasteiger partial charge in [0.15, 0.2) is 0 Å². The number of phenolic OH excluding ortho intramolecular Hbond substituents is 1. The SMILES string of the molecule is Cc1ccc(NC(=O)c2cc3c(s2)CCCCC3)cc1O. The minimum Gasteiger partial charge on any atom is -0.508 e. The Morgan fingerprint density at radius 2 is 2.00 bits per heavy atom. The summed E-state index contributed by atoms with van der Waals surface area (Å²) in [5.74, 6) is 0.117. The van der Waals surface area contributed by atoms with Crippen molar-refractivity contribution in [2.24, 2.45) is 0 Å². The van der Waals surface area contributed by atoms with Crippen molar-refractivity contribution < 1.29 is 9.90 Å². The molecule has 0 fully saturated rings. The number of carbonyl (C=O) groups is 1. The molecule has 0 bridgehead atoms. The average Bonchev–Trinajstić information content (AvgIpc) is 2.74. The Bertz CT molecular complexity index is 652. The number of benzene rings is 1. The van der Waals surface area contributed by atoms with Gasteiger partial charge in [0.1, 0.15) is 5.75 Å². The first kappa shape index (κ1) is 14.1. The van der Waals surface area contributed by atoms with E-state index in [1.165, 1.54) is 29.7 Å². The highest BCUT2D eigenvalue weighted by molar-refractivity contribution is 7.14. The summed E-state index contributed by atoms with van der Waals surface area (Å²) in [6, 6.07) is 7.24. The number of rotatable bonds is 2. The van der Waals surface area contributed by atoms with Crippen molar-refractivity contribution >= 4 is 22.9 Å². The Morgan fingerprint density at radius 1 is 1.19 bits per heavy atom. The van der Waals surface area contributed by atoms with E-state index < -0.39 is 0 Å². The number of phenols is 1. The molecular formula is C17H19NO2S. The molecule has 21 heavy (non-hydrogen) atoms. The predicted octanol–water partition coefficient (Wildman–Crippen LogP) is 4.28. The van der Waals surface area contributed by atoms with Crippen molar-refractivity contribution in [3.05, 3.63) is 45.1 Å². The molecule has 0 saturated heterocycles. The lowest BCUT2D eigenvalue weighted by Crippen LogP contribution is -2.10. The van der Waals surface area contributed by atoms with E-state index in [1.54, 1.807) is 23.5 Å². The molecule has 1 aliphatic rings. The molecule has 3 rings (SSSR count). The van der Waals surface area contributed by atoms with E-state index in [9.17, 15) is 9.90 Å². The largest absolute Gasteiger partial charge is 0.508 e. The Morgan fingerprint density at radius 3 is 2.81 bits per heavy atom. The molecule has 0 aliphatic heterocycles. The molecule has 0 spiro atoms. The molecule has 1 aliphatic carbocycles. The van der Waals surface area contributed by atoms with Crippen molar-refractivity contribution in [1.82, 2.24) is 0 Å². The molecule has 2 aromatic rings. The van der Waals surface area contributed by atoms with Crippen LogP contribution >= 0.6 is 11.3 Å². The highest BCUT2D eigenvalue weighted by Gasteiger charge is 2.16. The van der Waals surface area contributed by atoms with E-state index in [2.05, 4.69) is 5.32 Å². The summed E-state index contributed by atoms with van der Waals surface area (Å²) >= 11 is 1.61. The summed E-state index contributed by atoms with van der Waals surface area (Å²) in [5, 5.41) is 12.6. The van der Waals surface area contributed by atoms with Crippen LogP contribution in [0, 0.1) is 6.92 Å². The first-order chi connectivity index (χ1) is 10.1. The number of fused-ring (bicyclic) bond motifs is 1. The van der Waals surface area contributed by atoms with Crippen LogP contribution in [-0.4, -0.2) is 11.0 Å². The second-order valence-corrected chi connectivity index (χ2v) is 6.71. The summed E-state index contributed by atoms with van der Waals surface area (Å²) in [7, 11) is 0. The normalized spacial score (nSPS) is 14.3. The van der Waals surface area contributed by atoms with Gasteiger partial charge in [0.05, 0.1) is 4.88 Å². The standard InChI is InChI=1S/C17H19NO2S/c1-11-7-8-13(10-14(11)19)18-17(20)16-9-12-5-3-2-4-6-15(12)21-16/h7-10,19H,2-6H2,1H3,(H,18,20). The Hall–Kier alpha value is -1.81. The molecular weight excluding hydrogens is 282 g/mol. The van der Waals surface area contributed by atoms with E-state index in [0.717, 1.165) is 23.3 Å². The van der Waals surface area contributed by atoms with Crippen molar-refractivity contribution in [3.8, 4) is 5.75 Å². The van der Waals surface area contributed by atoms with Gasteiger partial charge in [-0.15, -0.1) is 11.3 Å². The van der Waals surface area contributed by atoms with Gasteiger partial charge in [0.2, 0.25) is 0 Å². The van der Waals surface area contributed by atoms with Gasteiger partial charge < -0.3 is 10.4 Å². The molecule has 0 unspecified atom stereocenters. The number of thiophene rings is 1. The molecule has 3 nitrogen and oxygen atoms in total. The van der Waals surface area contributed by atoms with Crippen LogP contribution in [0.5, 0.6) is 5.75 Å². The van der Waals surface area contributed by atoms with Gasteiger partial charge >= 0.3 is 0 Å². The topological polar surface area (TPSA) is 49.3 Å². The summed E-state index contributed by atoms with van der Waals surface area (Å²) < 4.78 is 0. The zero-order chi connectivity index (χ0) is 14.8. The van der Waals surface area contributed by atoms with Crippen molar-refractivity contribution in [2.45, 2.75) is 39.0 Å². The average molecular weight is 301 g/mol. The number of aryl methyl sites for hydroxylation is 3. The number of anilines is 1. The highest BCUT2D eigenvalue weighted by atomic mass is 32.1. The summed E-state index contributed by atoms with van der Waals surface area (Å²) in [5.41, 5.74) is 2.77. The number of hydrogen-bond donors (Lipinski definition) is 2. The van der Waals surface area contributed by atoms with Crippen molar-refractivity contribution in [2.75, 3.05) is 5.32 Å². The van der Waals surface area contributed by atoms with Crippen LogP contribution in [0.2, 0.25) is 0 Å². The Kier molecular flexibility index (Phi) is 3.97. The Balaban J connectivity index is 1.77. The number of hydrogen-bond acceptors (Lipinski definition) is 3. The van der Waals surface area contributed by atoms with Crippen LogP contribution in [0.3, 0.4) is 0 Å². The molecule has 1 heterocycles. The molecule has 2 N–H and O–H groups in total. The third-order valence-corrected chi connectivity index (χ3v) is 5.17. The van der Waals surface area contributed by atoms with Crippen LogP contribution < -0.4 is 5.32 Å². The second-order valence-electron chi connectivity index (χ2n) is 5.58. The number of nitrogens with one attached hydrogen (secondary N) is 1. The number of carbonyl (C=O) groups excluding carboxylic acids is 1. The molecule has 1 aromatic heterocycles. The summed E-state index contributed by atoms with van der Waals surface area (Å²) in [4.78, 5) is 14.5. The van der Waals surface area contributed by atoms with E-state index >= 15 is 0 Å². The zero-order valence-corrected chi connectivity index (χ0v) is 12.9. The molecule has 0 radical (unpaired) electrons. The van der Waals surface area contributed by atoms with Gasteiger partial charge in [-0.3, -0.25) is 4.79 Å². The highest BCUT2D eigenvalue weighted by Crippen LogP contribution is 2.30. The molecule has 110 valence electrons. The second kappa shape index (κ2) is 5.90. The maximum Gasteiger partial charge on any atom is 0.265 e. The minimum atomic E-state index is -0.0867. The third kappa shape index (κ3) is 3.10. The van der Waals surface area contributed by atoms with Crippen LogP contribution in [-0.2, 0) is 12.8 Å². The fraction of sp³-hybridized carbons (Fsp3) is 0.353. The third-order valence-electron chi connectivity index (χ3n) is 3.94. The quantitative estimate of drug-likeness (QED) is 0.813. The smallest absolute Gasteiger partial charge is 0.265 e. The molecule has 1 amide bonds. The zero-order valence-electron chi connectivity index (χ0n) is 12.1. The fourth-order valence-corrected chi connectivity index (χ4v) is 3.81. The monoisotopic (exact) mass is 301 g/mol. The Labute approximate surface area is 128 Å². The maximum absolute atomic E-state index is 12.3. The summed E-state index contributed by atoms with van der Waals surface area (Å²) in [6.45, 7) is 1.83. The van der Waals surface area contributed by atoms with Gasteiger partial charge in [-0.25, -0.2) is 0 Å². The van der Waals surface area contributed by atoms with Crippen molar-refractivity contribution in [3.63, 3.8) is 0 Å². The van der Waals surface area contributed by atoms with Crippen LogP contribution in [0.15, 0.2) is 24.3 Å². The molecule has 0 atom stereocenters. The van der Waals surface area contributed by atoms with E-state index in [4.69, 9.17) is 0 Å². The van der Waals surface area contributed by atoms with Gasteiger partial charge in [-0.2, -0.15) is 0 Å². The number of amides is 1. The van der Waals surface area contributed by atoms with Gasteiger partial charge in [0, 0.05) is 16.6 Å². The lowest BCUT2D eigenvalue weighted by molar-refractivity contribution is 0.103. The lowest BCUT2D eigenvalue weighted by atomic mass is 10.1. The van der Waals surface area contributed by atoms with Gasteiger partial charge in [-0.05, 0) is 55.9 Å². The fourth-order valence-electron chi connectivity index (χ4n) is 2.66. The molecule has 4 heteroatoms. The van der Waals surface area contributed by atoms with E-state index in [1.807, 2.05) is 19.1 Å². The molecule has 1 aromatic carbocycles. The first-order valence-electron chi connectivity index (χ1n) is 7.36. The molecule has 0 saturated carbocycles. The summed E-state index contributed by atoms with van der Waals surface area (Å²) in [6.07, 6.45) is 5.91. The van der Waals surface area contributed by atoms with Crippen LogP contribution in [0.25, 0.3) is 0 Å². The lowest BCUT2D eigenvalue weighted by Gasteiger charge is -2.05.